The van der Waals surface area contributed by atoms with Crippen LogP contribution in [-0.4, -0.2) is 19.5 Å². The third-order valence-corrected chi connectivity index (χ3v) is 11.1. The van der Waals surface area contributed by atoms with Crippen molar-refractivity contribution in [1.29, 1.82) is 0 Å². The second-order valence-corrected chi connectivity index (χ2v) is 14.3. The van der Waals surface area contributed by atoms with Crippen LogP contribution >= 0.6 is 0 Å². The van der Waals surface area contributed by atoms with E-state index in [0.29, 0.717) is 17.5 Å². The molecule has 0 saturated carbocycles. The number of benzene rings is 8. The first-order valence-corrected chi connectivity index (χ1v) is 19.0. The Labute approximate surface area is 325 Å². The summed E-state index contributed by atoms with van der Waals surface area (Å²) in [5, 5.41) is 6.30. The summed E-state index contributed by atoms with van der Waals surface area (Å²) < 4.78 is 15.8. The molecule has 12 rings (SSSR count). The zero-order chi connectivity index (χ0) is 37.5. The zero-order valence-electron chi connectivity index (χ0n) is 30.4. The standard InChI is InChI=1S/C51H30N4O2/c1-3-14-31(15-4-1)33-18-13-19-34(30-33)50-52-49(32-16-5-2-6-17-32)53-51(54-50)39-27-29-42(48-45(39)38-22-9-12-25-44(38)57-48)55-40-23-10-7-21-37(40)46-41(55)28-26-36-35-20-8-11-24-43(35)56-47(36)46/h1-30H. The van der Waals surface area contributed by atoms with Crippen LogP contribution in [0.4, 0.5) is 0 Å². The van der Waals surface area contributed by atoms with Crippen LogP contribution in [0.3, 0.4) is 0 Å². The molecule has 0 amide bonds. The molecule has 57 heavy (non-hydrogen) atoms. The lowest BCUT2D eigenvalue weighted by molar-refractivity contribution is 0.666. The van der Waals surface area contributed by atoms with Crippen LogP contribution in [-0.2, 0) is 0 Å². The number of para-hydroxylation sites is 3. The highest BCUT2D eigenvalue weighted by Gasteiger charge is 2.24. The Morgan fingerprint density at radius 3 is 1.75 bits per heavy atom. The summed E-state index contributed by atoms with van der Waals surface area (Å²) in [6.45, 7) is 0. The van der Waals surface area contributed by atoms with Crippen LogP contribution in [0.1, 0.15) is 0 Å². The van der Waals surface area contributed by atoms with Gasteiger partial charge in [0.15, 0.2) is 23.1 Å². The van der Waals surface area contributed by atoms with Crippen molar-refractivity contribution in [3.63, 3.8) is 0 Å². The molecule has 0 aliphatic rings. The summed E-state index contributed by atoms with van der Waals surface area (Å²) >= 11 is 0. The van der Waals surface area contributed by atoms with E-state index in [0.717, 1.165) is 99.2 Å². The summed E-state index contributed by atoms with van der Waals surface area (Å²) in [6.07, 6.45) is 0. The van der Waals surface area contributed by atoms with Crippen LogP contribution in [0.25, 0.3) is 117 Å². The van der Waals surface area contributed by atoms with E-state index in [9.17, 15) is 0 Å². The molecular weight excluding hydrogens is 701 g/mol. The molecule has 0 spiro atoms. The number of rotatable bonds is 5. The normalized spacial score (nSPS) is 11.9. The van der Waals surface area contributed by atoms with Gasteiger partial charge in [-0.1, -0.05) is 133 Å². The fraction of sp³-hybridized carbons (Fsp3) is 0. The molecule has 0 aliphatic heterocycles. The van der Waals surface area contributed by atoms with Gasteiger partial charge in [0.1, 0.15) is 16.7 Å². The molecule has 0 aliphatic carbocycles. The lowest BCUT2D eigenvalue weighted by atomic mass is 10.0. The van der Waals surface area contributed by atoms with Crippen LogP contribution < -0.4 is 0 Å². The maximum Gasteiger partial charge on any atom is 0.164 e. The van der Waals surface area contributed by atoms with Crippen molar-refractivity contribution in [2.75, 3.05) is 0 Å². The molecule has 4 aromatic heterocycles. The minimum absolute atomic E-state index is 0.568. The van der Waals surface area contributed by atoms with Gasteiger partial charge in [-0.25, -0.2) is 15.0 Å². The van der Waals surface area contributed by atoms with Gasteiger partial charge >= 0.3 is 0 Å². The smallest absolute Gasteiger partial charge is 0.164 e. The zero-order valence-corrected chi connectivity index (χ0v) is 30.4. The quantitative estimate of drug-likeness (QED) is 0.176. The Kier molecular flexibility index (Phi) is 6.83. The highest BCUT2D eigenvalue weighted by atomic mass is 16.3. The number of fused-ring (bicyclic) bond motifs is 10. The molecule has 6 nitrogen and oxygen atoms in total. The minimum atomic E-state index is 0.568. The Bertz CT molecular complexity index is 3530. The lowest BCUT2D eigenvalue weighted by Gasteiger charge is -2.13. The van der Waals surface area contributed by atoms with E-state index in [1.165, 1.54) is 0 Å². The topological polar surface area (TPSA) is 69.9 Å². The van der Waals surface area contributed by atoms with Crippen LogP contribution in [0.5, 0.6) is 0 Å². The van der Waals surface area contributed by atoms with Crippen molar-refractivity contribution >= 4 is 65.7 Å². The molecular formula is C51H30N4O2. The molecule has 266 valence electrons. The summed E-state index contributed by atoms with van der Waals surface area (Å²) in [6, 6.07) is 62.5. The van der Waals surface area contributed by atoms with Gasteiger partial charge in [0, 0.05) is 43.6 Å². The van der Waals surface area contributed by atoms with Gasteiger partial charge < -0.3 is 13.4 Å². The molecule has 0 fully saturated rings. The van der Waals surface area contributed by atoms with Gasteiger partial charge in [0.05, 0.1) is 22.1 Å². The van der Waals surface area contributed by atoms with E-state index in [2.05, 4.69) is 126 Å². The number of hydrogen-bond acceptors (Lipinski definition) is 5. The van der Waals surface area contributed by atoms with Gasteiger partial charge in [-0.15, -0.1) is 0 Å². The third kappa shape index (κ3) is 4.87. The minimum Gasteiger partial charge on any atom is -0.455 e. The van der Waals surface area contributed by atoms with E-state index in [-0.39, 0.29) is 0 Å². The lowest BCUT2D eigenvalue weighted by Crippen LogP contribution is -2.01. The van der Waals surface area contributed by atoms with Crippen molar-refractivity contribution < 1.29 is 8.83 Å². The van der Waals surface area contributed by atoms with Crippen LogP contribution in [0.15, 0.2) is 191 Å². The Balaban J connectivity index is 1.13. The number of hydrogen-bond donors (Lipinski definition) is 0. The second-order valence-electron chi connectivity index (χ2n) is 14.3. The molecule has 0 saturated heterocycles. The van der Waals surface area contributed by atoms with E-state index >= 15 is 0 Å². The SMILES string of the molecule is c1ccc(-c2cccc(-c3nc(-c4ccccc4)nc(-c4ccc(-n5c6ccccc6c6c7oc8ccccc8c7ccc65)c5oc6ccccc6c45)n3)c2)cc1. The highest BCUT2D eigenvalue weighted by Crippen LogP contribution is 2.44. The maximum absolute atomic E-state index is 6.88. The first-order valence-electron chi connectivity index (χ1n) is 19.0. The molecule has 6 heteroatoms. The number of nitrogens with zero attached hydrogens (tertiary/aromatic N) is 4. The summed E-state index contributed by atoms with van der Waals surface area (Å²) in [7, 11) is 0. The monoisotopic (exact) mass is 730 g/mol. The van der Waals surface area contributed by atoms with Crippen molar-refractivity contribution in [3.8, 4) is 51.0 Å². The Morgan fingerprint density at radius 2 is 0.947 bits per heavy atom. The third-order valence-electron chi connectivity index (χ3n) is 11.1. The van der Waals surface area contributed by atoms with Crippen molar-refractivity contribution in [3.05, 3.63) is 182 Å². The fourth-order valence-corrected chi connectivity index (χ4v) is 8.48. The first kappa shape index (κ1) is 31.5. The van der Waals surface area contributed by atoms with Gasteiger partial charge in [-0.3, -0.25) is 0 Å². The second kappa shape index (κ2) is 12.3. The first-order chi connectivity index (χ1) is 28.3. The molecule has 8 aromatic carbocycles. The predicted molar refractivity (Wildman–Crippen MR) is 230 cm³/mol. The Morgan fingerprint density at radius 1 is 0.351 bits per heavy atom. The largest absolute Gasteiger partial charge is 0.455 e. The average Bonchev–Trinajstić information content (AvgIpc) is 3.97. The van der Waals surface area contributed by atoms with Gasteiger partial charge in [-0.2, -0.15) is 0 Å². The molecule has 0 bridgehead atoms. The molecule has 0 N–H and O–H groups in total. The van der Waals surface area contributed by atoms with Crippen molar-refractivity contribution in [2.24, 2.45) is 0 Å². The van der Waals surface area contributed by atoms with Crippen LogP contribution in [0, 0.1) is 0 Å². The highest BCUT2D eigenvalue weighted by molar-refractivity contribution is 6.24. The maximum atomic E-state index is 6.88. The number of furan rings is 2. The Hall–Kier alpha value is -7.83. The number of aromatic nitrogens is 4. The summed E-state index contributed by atoms with van der Waals surface area (Å²) in [5.41, 5.74) is 11.2. The molecule has 0 unspecified atom stereocenters. The van der Waals surface area contributed by atoms with E-state index in [1.54, 1.807) is 0 Å². The predicted octanol–water partition coefficient (Wildman–Crippen LogP) is 13.4. The molecule has 0 radical (unpaired) electrons. The van der Waals surface area contributed by atoms with Crippen molar-refractivity contribution in [1.82, 2.24) is 19.5 Å². The summed E-state index contributed by atoms with van der Waals surface area (Å²) in [4.78, 5) is 15.5. The average molecular weight is 731 g/mol. The molecule has 4 heterocycles. The molecule has 12 aromatic rings. The summed E-state index contributed by atoms with van der Waals surface area (Å²) in [5.74, 6) is 1.76. The van der Waals surface area contributed by atoms with Gasteiger partial charge in [0.2, 0.25) is 0 Å². The van der Waals surface area contributed by atoms with E-state index < -0.39 is 0 Å². The van der Waals surface area contributed by atoms with Gasteiger partial charge in [0.25, 0.3) is 0 Å². The van der Waals surface area contributed by atoms with Crippen LogP contribution in [0.2, 0.25) is 0 Å². The van der Waals surface area contributed by atoms with Crippen molar-refractivity contribution in [2.45, 2.75) is 0 Å². The van der Waals surface area contributed by atoms with E-state index in [4.69, 9.17) is 23.8 Å². The van der Waals surface area contributed by atoms with E-state index in [1.807, 2.05) is 60.7 Å². The molecule has 0 atom stereocenters. The fourth-order valence-electron chi connectivity index (χ4n) is 8.48. The van der Waals surface area contributed by atoms with Gasteiger partial charge in [-0.05, 0) is 59.7 Å².